The van der Waals surface area contributed by atoms with Crippen molar-refractivity contribution in [3.05, 3.63) is 65.9 Å². The zero-order chi connectivity index (χ0) is 17.2. The number of carbonyl (C=O) groups is 1. The summed E-state index contributed by atoms with van der Waals surface area (Å²) in [6, 6.07) is 11.6. The number of carbonyl (C=O) groups excluding carboxylic acids is 1. The van der Waals surface area contributed by atoms with Gasteiger partial charge in [-0.3, -0.25) is 4.79 Å². The van der Waals surface area contributed by atoms with E-state index in [-0.39, 0.29) is 11.9 Å². The van der Waals surface area contributed by atoms with Crippen molar-refractivity contribution in [3.8, 4) is 5.75 Å². The van der Waals surface area contributed by atoms with Gasteiger partial charge in [0.1, 0.15) is 18.1 Å². The molecule has 0 radical (unpaired) electrons. The molecule has 0 bridgehead atoms. The molecule has 0 saturated heterocycles. The lowest BCUT2D eigenvalue weighted by atomic mass is 10.1. The summed E-state index contributed by atoms with van der Waals surface area (Å²) >= 11 is 0. The van der Waals surface area contributed by atoms with Gasteiger partial charge in [0.2, 0.25) is 0 Å². The quantitative estimate of drug-likeness (QED) is 0.745. The molecule has 0 spiro atoms. The van der Waals surface area contributed by atoms with Gasteiger partial charge in [0.05, 0.1) is 13.3 Å². The summed E-state index contributed by atoms with van der Waals surface area (Å²) in [6.45, 7) is 0.450. The van der Waals surface area contributed by atoms with Gasteiger partial charge >= 0.3 is 0 Å². The molecule has 0 aliphatic heterocycles. The zero-order valence-corrected chi connectivity index (χ0v) is 13.8. The number of amides is 1. The van der Waals surface area contributed by atoms with Crippen LogP contribution in [0.5, 0.6) is 5.75 Å². The van der Waals surface area contributed by atoms with E-state index >= 15 is 0 Å². The highest BCUT2D eigenvalue weighted by atomic mass is 16.5. The molecule has 1 aromatic carbocycles. The van der Waals surface area contributed by atoms with Crippen molar-refractivity contribution in [2.45, 2.75) is 24.9 Å². The molecule has 25 heavy (non-hydrogen) atoms. The van der Waals surface area contributed by atoms with E-state index in [2.05, 4.69) is 15.6 Å². The highest BCUT2D eigenvalue weighted by Crippen LogP contribution is 2.41. The minimum Gasteiger partial charge on any atom is -0.497 e. The van der Waals surface area contributed by atoms with E-state index in [9.17, 15) is 4.79 Å². The van der Waals surface area contributed by atoms with Crippen LogP contribution in [-0.2, 0) is 6.54 Å². The Morgan fingerprint density at radius 2 is 2.16 bits per heavy atom. The third-order valence-electron chi connectivity index (χ3n) is 4.33. The van der Waals surface area contributed by atoms with Crippen molar-refractivity contribution in [1.29, 1.82) is 0 Å². The maximum atomic E-state index is 12.3. The fourth-order valence-corrected chi connectivity index (χ4v) is 2.88. The van der Waals surface area contributed by atoms with Crippen molar-refractivity contribution < 1.29 is 13.9 Å². The first-order chi connectivity index (χ1) is 12.2. The fraction of sp³-hybridized carbons (Fsp3) is 0.278. The van der Waals surface area contributed by atoms with E-state index in [0.29, 0.717) is 24.0 Å². The van der Waals surface area contributed by atoms with Gasteiger partial charge in [-0.2, -0.15) is 0 Å². The topological polar surface area (TPSA) is 82.2 Å². The Morgan fingerprint density at radius 1 is 1.32 bits per heavy atom. The molecule has 1 N–H and O–H groups in total. The van der Waals surface area contributed by atoms with Crippen LogP contribution < -0.4 is 10.1 Å². The summed E-state index contributed by atoms with van der Waals surface area (Å²) in [5.41, 5.74) is 1.21. The number of hydrogen-bond acceptors (Lipinski definition) is 5. The van der Waals surface area contributed by atoms with Gasteiger partial charge in [-0.05, 0) is 36.2 Å². The first kappa shape index (κ1) is 15.4. The monoisotopic (exact) mass is 338 g/mol. The molecule has 2 aromatic heterocycles. The van der Waals surface area contributed by atoms with Gasteiger partial charge in [0.15, 0.2) is 5.76 Å². The second-order valence-electron chi connectivity index (χ2n) is 6.06. The smallest absolute Gasteiger partial charge is 0.287 e. The molecular formula is C18H18N4O3. The highest BCUT2D eigenvalue weighted by Gasteiger charge is 2.39. The fourth-order valence-electron chi connectivity index (χ4n) is 2.88. The molecule has 1 aliphatic rings. The number of methoxy groups -OCH3 is 1. The molecule has 1 saturated carbocycles. The summed E-state index contributed by atoms with van der Waals surface area (Å²) in [5, 5.41) is 10.6. The van der Waals surface area contributed by atoms with Gasteiger partial charge in [0, 0.05) is 18.2 Å². The number of hydrogen-bond donors (Lipinski definition) is 1. The van der Waals surface area contributed by atoms with Crippen LogP contribution in [0.2, 0.25) is 0 Å². The van der Waals surface area contributed by atoms with Gasteiger partial charge in [-0.25, -0.2) is 4.68 Å². The van der Waals surface area contributed by atoms with Gasteiger partial charge in [0.25, 0.3) is 5.91 Å². The predicted molar refractivity (Wildman–Crippen MR) is 89.4 cm³/mol. The van der Waals surface area contributed by atoms with Crippen LogP contribution >= 0.6 is 0 Å². The first-order valence-corrected chi connectivity index (χ1v) is 8.10. The average molecular weight is 338 g/mol. The van der Waals surface area contributed by atoms with Crippen molar-refractivity contribution in [3.63, 3.8) is 0 Å². The van der Waals surface area contributed by atoms with Crippen molar-refractivity contribution in [1.82, 2.24) is 20.3 Å². The standard InChI is InChI=1S/C18H18N4O3/c1-24-13-4-2-12(3-5-13)15-10-16(15)20-18(23)17-7-6-14(25-17)11-22-9-8-19-21-22/h2-9,15-16H,10-11H2,1H3,(H,20,23)/t15-,16+/m0/s1. The SMILES string of the molecule is COc1ccc([C@@H]2C[C@H]2NC(=O)c2ccc(Cn3ccnn3)o2)cc1. The van der Waals surface area contributed by atoms with Crippen LogP contribution in [-0.4, -0.2) is 34.1 Å². The molecule has 2 heterocycles. The number of benzene rings is 1. The normalized spacial score (nSPS) is 18.8. The van der Waals surface area contributed by atoms with Crippen LogP contribution in [0.1, 0.15) is 34.2 Å². The number of rotatable bonds is 6. The lowest BCUT2D eigenvalue weighted by Gasteiger charge is -2.04. The number of ether oxygens (including phenoxy) is 1. The van der Waals surface area contributed by atoms with Crippen LogP contribution in [0.3, 0.4) is 0 Å². The minimum atomic E-state index is -0.189. The van der Waals surface area contributed by atoms with E-state index < -0.39 is 0 Å². The summed E-state index contributed by atoms with van der Waals surface area (Å²) in [4.78, 5) is 12.3. The molecule has 1 aliphatic carbocycles. The van der Waals surface area contributed by atoms with Crippen LogP contribution in [0.15, 0.2) is 53.2 Å². The van der Waals surface area contributed by atoms with E-state index in [1.54, 1.807) is 36.3 Å². The molecule has 7 heteroatoms. The third kappa shape index (κ3) is 3.40. The maximum absolute atomic E-state index is 12.3. The molecule has 128 valence electrons. The summed E-state index contributed by atoms with van der Waals surface area (Å²) in [7, 11) is 1.65. The Bertz CT molecular complexity index is 855. The predicted octanol–water partition coefficient (Wildman–Crippen LogP) is 2.21. The number of nitrogens with one attached hydrogen (secondary N) is 1. The molecule has 0 unspecified atom stereocenters. The van der Waals surface area contributed by atoms with Crippen molar-refractivity contribution in [2.24, 2.45) is 0 Å². The second kappa shape index (κ2) is 6.43. The van der Waals surface area contributed by atoms with E-state index in [0.717, 1.165) is 12.2 Å². The third-order valence-corrected chi connectivity index (χ3v) is 4.33. The Hall–Kier alpha value is -3.09. The molecule has 4 rings (SSSR count). The van der Waals surface area contributed by atoms with E-state index in [1.165, 1.54) is 5.56 Å². The minimum absolute atomic E-state index is 0.143. The second-order valence-corrected chi connectivity index (χ2v) is 6.06. The molecule has 1 amide bonds. The zero-order valence-electron chi connectivity index (χ0n) is 13.8. The van der Waals surface area contributed by atoms with Gasteiger partial charge in [-0.1, -0.05) is 17.3 Å². The van der Waals surface area contributed by atoms with Crippen LogP contribution in [0, 0.1) is 0 Å². The Balaban J connectivity index is 1.34. The summed E-state index contributed by atoms with van der Waals surface area (Å²) in [6.07, 6.45) is 4.28. The molecular weight excluding hydrogens is 320 g/mol. The Morgan fingerprint density at radius 3 is 2.88 bits per heavy atom. The van der Waals surface area contributed by atoms with E-state index in [4.69, 9.17) is 9.15 Å². The summed E-state index contributed by atoms with van der Waals surface area (Å²) < 4.78 is 12.4. The van der Waals surface area contributed by atoms with Crippen LogP contribution in [0.4, 0.5) is 0 Å². The molecule has 7 nitrogen and oxygen atoms in total. The Labute approximate surface area is 144 Å². The molecule has 1 fully saturated rings. The van der Waals surface area contributed by atoms with Gasteiger partial charge < -0.3 is 14.5 Å². The molecule has 2 atom stereocenters. The van der Waals surface area contributed by atoms with E-state index in [1.807, 2.05) is 24.3 Å². The van der Waals surface area contributed by atoms with Crippen molar-refractivity contribution >= 4 is 5.91 Å². The van der Waals surface area contributed by atoms with Crippen LogP contribution in [0.25, 0.3) is 0 Å². The first-order valence-electron chi connectivity index (χ1n) is 8.10. The lowest BCUT2D eigenvalue weighted by molar-refractivity contribution is 0.0920. The average Bonchev–Trinajstić information content (AvgIpc) is 3.03. The number of furan rings is 1. The highest BCUT2D eigenvalue weighted by molar-refractivity contribution is 5.92. The Kier molecular flexibility index (Phi) is 3.97. The maximum Gasteiger partial charge on any atom is 0.287 e. The molecule has 3 aromatic rings. The van der Waals surface area contributed by atoms with Crippen molar-refractivity contribution in [2.75, 3.05) is 7.11 Å². The number of aromatic nitrogens is 3. The van der Waals surface area contributed by atoms with Gasteiger partial charge in [-0.15, -0.1) is 5.10 Å². The number of nitrogens with zero attached hydrogens (tertiary/aromatic N) is 3. The summed E-state index contributed by atoms with van der Waals surface area (Å²) in [5.74, 6) is 1.97. The lowest BCUT2D eigenvalue weighted by Crippen LogP contribution is -2.26. The largest absolute Gasteiger partial charge is 0.497 e.